The van der Waals surface area contributed by atoms with Crippen molar-refractivity contribution in [3.63, 3.8) is 0 Å². The predicted molar refractivity (Wildman–Crippen MR) is 69.2 cm³/mol. The van der Waals surface area contributed by atoms with E-state index >= 15 is 0 Å². The highest BCUT2D eigenvalue weighted by molar-refractivity contribution is 8.00. The minimum absolute atomic E-state index is 0.0318. The van der Waals surface area contributed by atoms with Gasteiger partial charge in [-0.15, -0.1) is 11.8 Å². The van der Waals surface area contributed by atoms with E-state index in [1.807, 2.05) is 0 Å². The molecule has 1 saturated carbocycles. The Kier molecular flexibility index (Phi) is 4.94. The molecule has 1 aliphatic carbocycles. The zero-order valence-electron chi connectivity index (χ0n) is 10.5. The Morgan fingerprint density at radius 1 is 1.35 bits per heavy atom. The Hall–Kier alpha value is -1.63. The normalized spacial score (nSPS) is 13.9. The van der Waals surface area contributed by atoms with Gasteiger partial charge in [0.2, 0.25) is 0 Å². The van der Waals surface area contributed by atoms with E-state index in [9.17, 15) is 18.4 Å². The number of rotatable bonds is 6. The number of nitrogens with one attached hydrogen (secondary N) is 1. The van der Waals surface area contributed by atoms with Crippen LogP contribution in [0, 0.1) is 11.6 Å². The highest BCUT2D eigenvalue weighted by Gasteiger charge is 2.23. The molecule has 0 saturated heterocycles. The Morgan fingerprint density at radius 2 is 2.10 bits per heavy atom. The molecule has 1 aromatic carbocycles. The van der Waals surface area contributed by atoms with Gasteiger partial charge >= 0.3 is 5.97 Å². The molecule has 0 atom stereocenters. The molecular formula is C13H13F2NO3S. The van der Waals surface area contributed by atoms with Crippen LogP contribution in [0.1, 0.15) is 12.8 Å². The summed E-state index contributed by atoms with van der Waals surface area (Å²) < 4.78 is 30.9. The second-order valence-corrected chi connectivity index (χ2v) is 5.38. The lowest BCUT2D eigenvalue weighted by Crippen LogP contribution is -2.30. The van der Waals surface area contributed by atoms with E-state index in [0.717, 1.165) is 42.8 Å². The fourth-order valence-corrected chi connectivity index (χ4v) is 2.17. The van der Waals surface area contributed by atoms with Crippen LogP contribution in [0.25, 0.3) is 0 Å². The Morgan fingerprint density at radius 3 is 2.80 bits per heavy atom. The summed E-state index contributed by atoms with van der Waals surface area (Å²) >= 11 is 0.826. The predicted octanol–water partition coefficient (Wildman–Crippen LogP) is 1.88. The van der Waals surface area contributed by atoms with Crippen LogP contribution in [0.3, 0.4) is 0 Å². The van der Waals surface area contributed by atoms with E-state index in [4.69, 9.17) is 4.74 Å². The minimum atomic E-state index is -0.649. The molecule has 20 heavy (non-hydrogen) atoms. The van der Waals surface area contributed by atoms with E-state index in [-0.39, 0.29) is 29.2 Å². The molecule has 1 fully saturated rings. The van der Waals surface area contributed by atoms with Crippen LogP contribution in [-0.4, -0.2) is 30.3 Å². The van der Waals surface area contributed by atoms with Gasteiger partial charge in [0.15, 0.2) is 6.61 Å². The fraction of sp³-hybridized carbons (Fsp3) is 0.385. The van der Waals surface area contributed by atoms with Crippen LogP contribution in [0.4, 0.5) is 8.78 Å². The van der Waals surface area contributed by atoms with Gasteiger partial charge in [-0.2, -0.15) is 0 Å². The van der Waals surface area contributed by atoms with E-state index in [2.05, 4.69) is 5.32 Å². The molecule has 2 rings (SSSR count). The number of carbonyl (C=O) groups excluding carboxylic acids is 2. The van der Waals surface area contributed by atoms with Crippen LogP contribution in [0.5, 0.6) is 0 Å². The molecule has 0 spiro atoms. The number of hydrogen-bond donors (Lipinski definition) is 1. The summed E-state index contributed by atoms with van der Waals surface area (Å²) in [6, 6.07) is 3.20. The monoisotopic (exact) mass is 301 g/mol. The van der Waals surface area contributed by atoms with Gasteiger partial charge in [-0.05, 0) is 31.0 Å². The highest BCUT2D eigenvalue weighted by Crippen LogP contribution is 2.22. The van der Waals surface area contributed by atoms with Crippen molar-refractivity contribution >= 4 is 23.6 Å². The molecule has 0 heterocycles. The zero-order valence-corrected chi connectivity index (χ0v) is 11.3. The molecule has 108 valence electrons. The lowest BCUT2D eigenvalue weighted by atomic mass is 10.3. The Bertz CT molecular complexity index is 520. The first kappa shape index (κ1) is 14.8. The minimum Gasteiger partial charge on any atom is -0.455 e. The van der Waals surface area contributed by atoms with E-state index in [1.165, 1.54) is 0 Å². The maximum Gasteiger partial charge on any atom is 0.316 e. The second kappa shape index (κ2) is 6.69. The average molecular weight is 301 g/mol. The molecule has 4 nitrogen and oxygen atoms in total. The van der Waals surface area contributed by atoms with Crippen LogP contribution in [0.15, 0.2) is 23.1 Å². The maximum atomic E-state index is 13.3. The van der Waals surface area contributed by atoms with E-state index in [0.29, 0.717) is 0 Å². The summed E-state index contributed by atoms with van der Waals surface area (Å²) in [5, 5.41) is 2.67. The van der Waals surface area contributed by atoms with Crippen molar-refractivity contribution in [1.82, 2.24) is 5.32 Å². The molecule has 1 N–H and O–H groups in total. The Balaban J connectivity index is 1.71. The molecule has 1 aromatic rings. The summed E-state index contributed by atoms with van der Waals surface area (Å²) in [6.45, 7) is -0.346. The summed E-state index contributed by atoms with van der Waals surface area (Å²) in [5.74, 6) is -2.36. The summed E-state index contributed by atoms with van der Waals surface area (Å²) in [6.07, 6.45) is 1.91. The first-order valence-corrected chi connectivity index (χ1v) is 7.06. The van der Waals surface area contributed by atoms with E-state index < -0.39 is 17.6 Å². The first-order chi connectivity index (χ1) is 9.54. The topological polar surface area (TPSA) is 55.4 Å². The van der Waals surface area contributed by atoms with Gasteiger partial charge < -0.3 is 10.1 Å². The molecule has 1 aliphatic rings. The molecule has 0 aliphatic heterocycles. The fourth-order valence-electron chi connectivity index (χ4n) is 1.41. The first-order valence-electron chi connectivity index (χ1n) is 6.07. The van der Waals surface area contributed by atoms with Crippen LogP contribution < -0.4 is 5.32 Å². The number of carbonyl (C=O) groups is 2. The molecule has 1 amide bonds. The van der Waals surface area contributed by atoms with Gasteiger partial charge in [0, 0.05) is 10.9 Å². The van der Waals surface area contributed by atoms with Gasteiger partial charge in [0.1, 0.15) is 11.6 Å². The number of amides is 1. The van der Waals surface area contributed by atoms with Crippen molar-refractivity contribution in [2.45, 2.75) is 23.8 Å². The largest absolute Gasteiger partial charge is 0.455 e. The quantitative estimate of drug-likeness (QED) is 0.644. The lowest BCUT2D eigenvalue weighted by molar-refractivity contribution is -0.145. The van der Waals surface area contributed by atoms with Gasteiger partial charge in [-0.3, -0.25) is 9.59 Å². The van der Waals surface area contributed by atoms with Crippen molar-refractivity contribution < 1.29 is 23.1 Å². The van der Waals surface area contributed by atoms with Crippen molar-refractivity contribution in [3.05, 3.63) is 29.8 Å². The van der Waals surface area contributed by atoms with Gasteiger partial charge in [0.05, 0.1) is 5.75 Å². The number of halogens is 2. The second-order valence-electron chi connectivity index (χ2n) is 4.37. The van der Waals surface area contributed by atoms with Crippen LogP contribution in [0.2, 0.25) is 0 Å². The summed E-state index contributed by atoms with van der Waals surface area (Å²) in [4.78, 5) is 22.7. The summed E-state index contributed by atoms with van der Waals surface area (Å²) in [5.41, 5.74) is 0. The van der Waals surface area contributed by atoms with Crippen molar-refractivity contribution in [2.24, 2.45) is 0 Å². The standard InChI is InChI=1S/C13H13F2NO3S/c14-8-1-4-10(15)11(5-8)20-7-13(18)19-6-12(17)16-9-2-3-9/h1,4-5,9H,2-3,6-7H2,(H,16,17). The molecule has 0 radical (unpaired) electrons. The van der Waals surface area contributed by atoms with E-state index in [1.54, 1.807) is 0 Å². The van der Waals surface area contributed by atoms with Crippen molar-refractivity contribution in [3.8, 4) is 0 Å². The lowest BCUT2D eigenvalue weighted by Gasteiger charge is -2.06. The molecule has 7 heteroatoms. The average Bonchev–Trinajstić information content (AvgIpc) is 3.21. The number of benzene rings is 1. The third-order valence-electron chi connectivity index (χ3n) is 2.55. The Labute approximate surface area is 118 Å². The van der Waals surface area contributed by atoms with Gasteiger partial charge in [0.25, 0.3) is 5.91 Å². The smallest absolute Gasteiger partial charge is 0.316 e. The highest BCUT2D eigenvalue weighted by atomic mass is 32.2. The number of hydrogen-bond acceptors (Lipinski definition) is 4. The summed E-state index contributed by atoms with van der Waals surface area (Å²) in [7, 11) is 0. The van der Waals surface area contributed by atoms with Crippen molar-refractivity contribution in [2.75, 3.05) is 12.4 Å². The third-order valence-corrected chi connectivity index (χ3v) is 3.55. The SMILES string of the molecule is O=C(COC(=O)CSc1cc(F)ccc1F)NC1CC1. The number of esters is 1. The number of ether oxygens (including phenoxy) is 1. The molecule has 0 unspecified atom stereocenters. The van der Waals surface area contributed by atoms with Gasteiger partial charge in [-0.1, -0.05) is 0 Å². The number of thioether (sulfide) groups is 1. The zero-order chi connectivity index (χ0) is 14.5. The van der Waals surface area contributed by atoms with Crippen LogP contribution in [-0.2, 0) is 14.3 Å². The molecule has 0 aromatic heterocycles. The maximum absolute atomic E-state index is 13.3. The van der Waals surface area contributed by atoms with Crippen LogP contribution >= 0.6 is 11.8 Å². The van der Waals surface area contributed by atoms with Crippen molar-refractivity contribution in [1.29, 1.82) is 0 Å². The molecule has 0 bridgehead atoms. The van der Waals surface area contributed by atoms with Gasteiger partial charge in [-0.25, -0.2) is 8.78 Å². The molecular weight excluding hydrogens is 288 g/mol. The third kappa shape index (κ3) is 4.80.